The standard InChI is InChI=1S/C30H30F2N6O4S/c1-33-27-9-10-38(18-30(27,31)32)28-4-2-3-23(37-28)24-8-7-20-15-34-22(14-25(20)36-24)16-35-29(39)19-5-6-21-17-42-11-12-43(40,41)26(21)13-19/h2-8,13-15,27,33H,9-12,16-18H2,1H3,(H,35,39)/t27-/m0/s1. The first-order chi connectivity index (χ1) is 20.6. The van der Waals surface area contributed by atoms with Gasteiger partial charge in [0, 0.05) is 23.7 Å². The molecule has 1 fully saturated rings. The number of carbonyl (C=O) groups is 1. The molecule has 2 aliphatic rings. The van der Waals surface area contributed by atoms with Crippen molar-refractivity contribution in [2.75, 3.05) is 37.4 Å². The summed E-state index contributed by atoms with van der Waals surface area (Å²) in [5.74, 6) is -2.98. The number of aromatic nitrogens is 3. The molecule has 0 radical (unpaired) electrons. The largest absolute Gasteiger partial charge is 0.376 e. The molecule has 0 unspecified atom stereocenters. The number of hydrogen-bond acceptors (Lipinski definition) is 9. The topological polar surface area (TPSA) is 126 Å². The third kappa shape index (κ3) is 6.05. The normalized spacial score (nSPS) is 19.4. The Morgan fingerprint density at radius 3 is 2.77 bits per heavy atom. The van der Waals surface area contributed by atoms with Gasteiger partial charge < -0.3 is 20.3 Å². The zero-order chi connectivity index (χ0) is 30.2. The number of nitrogens with zero attached hydrogens (tertiary/aromatic N) is 4. The summed E-state index contributed by atoms with van der Waals surface area (Å²) in [5, 5.41) is 6.28. The molecule has 0 bridgehead atoms. The van der Waals surface area contributed by atoms with Crippen molar-refractivity contribution in [3.05, 3.63) is 77.6 Å². The smallest absolute Gasteiger partial charge is 0.280 e. The van der Waals surface area contributed by atoms with E-state index in [1.54, 1.807) is 60.6 Å². The summed E-state index contributed by atoms with van der Waals surface area (Å²) in [6, 6.07) is 14.4. The Morgan fingerprint density at radius 1 is 1.12 bits per heavy atom. The van der Waals surface area contributed by atoms with Crippen LogP contribution in [0.1, 0.15) is 28.0 Å². The fraction of sp³-hybridized carbons (Fsp3) is 0.333. The van der Waals surface area contributed by atoms with E-state index >= 15 is 0 Å². The number of alkyl halides is 2. The van der Waals surface area contributed by atoms with E-state index in [4.69, 9.17) is 9.72 Å². The van der Waals surface area contributed by atoms with Crippen LogP contribution >= 0.6 is 0 Å². The van der Waals surface area contributed by atoms with Crippen LogP contribution in [0.25, 0.3) is 22.3 Å². The van der Waals surface area contributed by atoms with Crippen LogP contribution < -0.4 is 15.5 Å². The van der Waals surface area contributed by atoms with Crippen LogP contribution in [-0.2, 0) is 27.7 Å². The number of pyridine rings is 3. The van der Waals surface area contributed by atoms with E-state index in [-0.39, 0.29) is 36.0 Å². The summed E-state index contributed by atoms with van der Waals surface area (Å²) >= 11 is 0. The molecular formula is C30H30F2N6O4S. The Bertz CT molecular complexity index is 1800. The number of piperidine rings is 1. The lowest BCUT2D eigenvalue weighted by molar-refractivity contribution is -0.0404. The Hall–Kier alpha value is -4.07. The van der Waals surface area contributed by atoms with Crippen molar-refractivity contribution >= 4 is 32.5 Å². The molecule has 224 valence electrons. The maximum atomic E-state index is 14.6. The molecule has 2 aliphatic heterocycles. The number of amides is 1. The highest BCUT2D eigenvalue weighted by molar-refractivity contribution is 7.91. The molecule has 5 heterocycles. The number of rotatable bonds is 6. The molecule has 43 heavy (non-hydrogen) atoms. The lowest BCUT2D eigenvalue weighted by atomic mass is 10.0. The second-order valence-electron chi connectivity index (χ2n) is 10.6. The van der Waals surface area contributed by atoms with Crippen molar-refractivity contribution in [1.82, 2.24) is 25.6 Å². The van der Waals surface area contributed by atoms with Crippen LogP contribution in [0, 0.1) is 0 Å². The fourth-order valence-corrected chi connectivity index (χ4v) is 6.76. The number of fused-ring (bicyclic) bond motifs is 2. The number of anilines is 1. The van der Waals surface area contributed by atoms with Gasteiger partial charge in [0.25, 0.3) is 11.8 Å². The first-order valence-corrected chi connectivity index (χ1v) is 15.5. The van der Waals surface area contributed by atoms with Gasteiger partial charge in [-0.1, -0.05) is 12.1 Å². The van der Waals surface area contributed by atoms with Crippen molar-refractivity contribution in [2.45, 2.75) is 36.4 Å². The molecule has 0 spiro atoms. The van der Waals surface area contributed by atoms with E-state index in [1.807, 2.05) is 6.07 Å². The summed E-state index contributed by atoms with van der Waals surface area (Å²) in [6.07, 6.45) is 1.96. The minimum absolute atomic E-state index is 0.0954. The van der Waals surface area contributed by atoms with Gasteiger partial charge in [-0.05, 0) is 61.5 Å². The summed E-state index contributed by atoms with van der Waals surface area (Å²) in [7, 11) is -1.99. The fourth-order valence-electron chi connectivity index (χ4n) is 5.37. The van der Waals surface area contributed by atoms with Gasteiger partial charge in [-0.15, -0.1) is 0 Å². The van der Waals surface area contributed by atoms with Gasteiger partial charge in [0.15, 0.2) is 9.84 Å². The first-order valence-electron chi connectivity index (χ1n) is 13.9. The molecule has 3 aromatic heterocycles. The van der Waals surface area contributed by atoms with E-state index in [9.17, 15) is 22.0 Å². The first kappa shape index (κ1) is 29.0. The highest BCUT2D eigenvalue weighted by Crippen LogP contribution is 2.31. The quantitative estimate of drug-likeness (QED) is 0.339. The second-order valence-corrected chi connectivity index (χ2v) is 12.7. The van der Waals surface area contributed by atoms with Crippen LogP contribution in [-0.4, -0.2) is 73.7 Å². The van der Waals surface area contributed by atoms with Crippen molar-refractivity contribution < 1.29 is 26.7 Å². The van der Waals surface area contributed by atoms with Crippen LogP contribution in [0.4, 0.5) is 14.6 Å². The predicted molar refractivity (Wildman–Crippen MR) is 157 cm³/mol. The predicted octanol–water partition coefficient (Wildman–Crippen LogP) is 3.36. The van der Waals surface area contributed by atoms with Gasteiger partial charge >= 0.3 is 0 Å². The monoisotopic (exact) mass is 608 g/mol. The molecule has 1 atom stereocenters. The van der Waals surface area contributed by atoms with E-state index < -0.39 is 34.3 Å². The summed E-state index contributed by atoms with van der Waals surface area (Å²) in [4.78, 5) is 28.4. The molecule has 0 saturated carbocycles. The summed E-state index contributed by atoms with van der Waals surface area (Å²) in [5.41, 5.74) is 3.06. The van der Waals surface area contributed by atoms with Gasteiger partial charge in [-0.2, -0.15) is 0 Å². The number of benzene rings is 1. The molecule has 1 amide bonds. The van der Waals surface area contributed by atoms with Crippen LogP contribution in [0.2, 0.25) is 0 Å². The highest BCUT2D eigenvalue weighted by atomic mass is 32.2. The van der Waals surface area contributed by atoms with E-state index in [0.717, 1.165) is 5.39 Å². The molecule has 6 rings (SSSR count). The molecule has 1 saturated heterocycles. The molecular weight excluding hydrogens is 578 g/mol. The number of ether oxygens (including phenoxy) is 1. The molecule has 1 aromatic carbocycles. The summed E-state index contributed by atoms with van der Waals surface area (Å²) in [6.45, 7) is 0.420. The molecule has 13 heteroatoms. The average Bonchev–Trinajstić information content (AvgIpc) is 3.16. The van der Waals surface area contributed by atoms with Crippen LogP contribution in [0.15, 0.2) is 65.7 Å². The average molecular weight is 609 g/mol. The van der Waals surface area contributed by atoms with E-state index in [1.165, 1.54) is 6.07 Å². The molecule has 4 aromatic rings. The van der Waals surface area contributed by atoms with Crippen LogP contribution in [0.5, 0.6) is 0 Å². The number of sulfone groups is 1. The third-order valence-corrected chi connectivity index (χ3v) is 9.50. The minimum atomic E-state index is -3.54. The Morgan fingerprint density at radius 2 is 1.95 bits per heavy atom. The Labute approximate surface area is 247 Å². The van der Waals surface area contributed by atoms with Gasteiger partial charge in [-0.3, -0.25) is 9.78 Å². The third-order valence-electron chi connectivity index (χ3n) is 7.75. The lowest BCUT2D eigenvalue weighted by Gasteiger charge is -2.38. The SMILES string of the molecule is CN[C@H]1CCN(c2cccc(-c3ccc4cnc(CNC(=O)c5ccc6c(c5)S(=O)(=O)CCOC6)cc4n3)n2)CC1(F)F. The lowest BCUT2D eigenvalue weighted by Crippen LogP contribution is -2.56. The summed E-state index contributed by atoms with van der Waals surface area (Å²) < 4.78 is 59.6. The van der Waals surface area contributed by atoms with Crippen molar-refractivity contribution in [3.8, 4) is 11.4 Å². The molecule has 10 nitrogen and oxygen atoms in total. The van der Waals surface area contributed by atoms with Gasteiger partial charge in [0.05, 0.1) is 65.6 Å². The van der Waals surface area contributed by atoms with Gasteiger partial charge in [0.2, 0.25) is 0 Å². The maximum Gasteiger partial charge on any atom is 0.280 e. The Kier molecular flexibility index (Phi) is 7.79. The van der Waals surface area contributed by atoms with E-state index in [0.29, 0.717) is 46.9 Å². The number of nitrogens with one attached hydrogen (secondary N) is 2. The van der Waals surface area contributed by atoms with Gasteiger partial charge in [0.1, 0.15) is 5.82 Å². The van der Waals surface area contributed by atoms with Crippen LogP contribution in [0.3, 0.4) is 0 Å². The highest BCUT2D eigenvalue weighted by Gasteiger charge is 2.44. The minimum Gasteiger partial charge on any atom is -0.376 e. The van der Waals surface area contributed by atoms with Crippen molar-refractivity contribution in [1.29, 1.82) is 0 Å². The van der Waals surface area contributed by atoms with Gasteiger partial charge in [-0.25, -0.2) is 27.2 Å². The number of carbonyl (C=O) groups excluding carboxylic acids is 1. The maximum absolute atomic E-state index is 14.6. The zero-order valence-corrected chi connectivity index (χ0v) is 24.2. The zero-order valence-electron chi connectivity index (χ0n) is 23.4. The number of hydrogen-bond donors (Lipinski definition) is 2. The molecule has 0 aliphatic carbocycles. The van der Waals surface area contributed by atoms with Crippen molar-refractivity contribution in [3.63, 3.8) is 0 Å². The van der Waals surface area contributed by atoms with E-state index in [2.05, 4.69) is 20.6 Å². The Balaban J connectivity index is 1.18. The second kappa shape index (κ2) is 11.5. The van der Waals surface area contributed by atoms with Crippen molar-refractivity contribution in [2.24, 2.45) is 0 Å². The molecule has 2 N–H and O–H groups in total. The number of halogens is 2.